The van der Waals surface area contributed by atoms with E-state index < -0.39 is 0 Å². The number of nitrogens with one attached hydrogen (secondary N) is 2. The molecule has 2 N–H and O–H groups in total. The number of amides is 2. The first kappa shape index (κ1) is 18.5. The molecule has 0 spiro atoms. The van der Waals surface area contributed by atoms with Crippen molar-refractivity contribution in [1.82, 2.24) is 5.43 Å². The average molecular weight is 389 g/mol. The number of carbonyl (C=O) groups excluding carboxylic acids is 2. The number of fused-ring (bicyclic) bond motifs is 2. The Hall–Kier alpha value is -3.87. The highest BCUT2D eigenvalue weighted by Crippen LogP contribution is 2.34. The lowest BCUT2D eigenvalue weighted by Gasteiger charge is -2.07. The molecular formula is C22H19N3O4. The zero-order valence-corrected chi connectivity index (χ0v) is 15.8. The Labute approximate surface area is 167 Å². The van der Waals surface area contributed by atoms with Crippen molar-refractivity contribution in [2.24, 2.45) is 5.10 Å². The van der Waals surface area contributed by atoms with E-state index in [9.17, 15) is 9.59 Å². The van der Waals surface area contributed by atoms with E-state index in [-0.39, 0.29) is 25.0 Å². The van der Waals surface area contributed by atoms with Gasteiger partial charge < -0.3 is 14.8 Å². The van der Waals surface area contributed by atoms with Gasteiger partial charge in [0.05, 0.1) is 6.42 Å². The molecule has 3 aromatic carbocycles. The molecule has 146 valence electrons. The van der Waals surface area contributed by atoms with Crippen LogP contribution in [0.2, 0.25) is 0 Å². The lowest BCUT2D eigenvalue weighted by molar-refractivity contribution is -0.115. The molecule has 0 saturated heterocycles. The summed E-state index contributed by atoms with van der Waals surface area (Å²) in [4.78, 5) is 24.7. The van der Waals surface area contributed by atoms with Crippen molar-refractivity contribution in [1.29, 1.82) is 0 Å². The summed E-state index contributed by atoms with van der Waals surface area (Å²) in [6.07, 6.45) is 0.0459. The molecule has 0 saturated carbocycles. The maximum atomic E-state index is 12.5. The molecule has 29 heavy (non-hydrogen) atoms. The third kappa shape index (κ3) is 4.19. The summed E-state index contributed by atoms with van der Waals surface area (Å²) in [7, 11) is 0. The van der Waals surface area contributed by atoms with Crippen LogP contribution in [0.3, 0.4) is 0 Å². The zero-order valence-electron chi connectivity index (χ0n) is 15.8. The van der Waals surface area contributed by atoms with Crippen molar-refractivity contribution in [3.8, 4) is 11.5 Å². The summed E-state index contributed by atoms with van der Waals surface area (Å²) in [5, 5.41) is 8.66. The van der Waals surface area contributed by atoms with Gasteiger partial charge in [-0.25, -0.2) is 5.43 Å². The summed E-state index contributed by atoms with van der Waals surface area (Å²) in [6.45, 7) is 1.86. The molecule has 0 aromatic heterocycles. The Morgan fingerprint density at radius 1 is 1.00 bits per heavy atom. The number of rotatable bonds is 5. The summed E-state index contributed by atoms with van der Waals surface area (Å²) >= 11 is 0. The van der Waals surface area contributed by atoms with Crippen LogP contribution in [0.4, 0.5) is 5.69 Å². The van der Waals surface area contributed by atoms with Crippen LogP contribution in [0.1, 0.15) is 23.7 Å². The molecule has 0 aliphatic carbocycles. The molecule has 1 heterocycles. The Bertz CT molecular complexity index is 1120. The van der Waals surface area contributed by atoms with E-state index in [1.807, 2.05) is 36.4 Å². The maximum Gasteiger partial charge on any atom is 0.271 e. The first-order valence-corrected chi connectivity index (χ1v) is 9.11. The monoisotopic (exact) mass is 389 g/mol. The van der Waals surface area contributed by atoms with Gasteiger partial charge in [0.25, 0.3) is 5.91 Å². The second-order valence-corrected chi connectivity index (χ2v) is 6.61. The van der Waals surface area contributed by atoms with Crippen molar-refractivity contribution >= 4 is 34.0 Å². The number of hydrogen-bond donors (Lipinski definition) is 2. The predicted molar refractivity (Wildman–Crippen MR) is 110 cm³/mol. The van der Waals surface area contributed by atoms with Gasteiger partial charge in [0.2, 0.25) is 12.7 Å². The molecule has 2 amide bonds. The number of anilines is 1. The summed E-state index contributed by atoms with van der Waals surface area (Å²) < 4.78 is 10.5. The highest BCUT2D eigenvalue weighted by atomic mass is 16.7. The van der Waals surface area contributed by atoms with Gasteiger partial charge in [0.1, 0.15) is 0 Å². The summed E-state index contributed by atoms with van der Waals surface area (Å²) in [5.74, 6) is 0.675. The molecule has 7 nitrogen and oxygen atoms in total. The lowest BCUT2D eigenvalue weighted by atomic mass is 10.0. The van der Waals surface area contributed by atoms with Crippen LogP contribution >= 0.6 is 0 Å². The topological polar surface area (TPSA) is 89.0 Å². The van der Waals surface area contributed by atoms with Crippen molar-refractivity contribution < 1.29 is 19.1 Å². The number of hydrazone groups is 1. The van der Waals surface area contributed by atoms with Gasteiger partial charge in [-0.05, 0) is 35.9 Å². The first-order chi connectivity index (χ1) is 14.1. The van der Waals surface area contributed by atoms with Gasteiger partial charge in [-0.15, -0.1) is 0 Å². The van der Waals surface area contributed by atoms with Crippen molar-refractivity contribution in [3.05, 3.63) is 66.2 Å². The van der Waals surface area contributed by atoms with Gasteiger partial charge >= 0.3 is 0 Å². The number of hydrogen-bond acceptors (Lipinski definition) is 5. The highest BCUT2D eigenvalue weighted by Gasteiger charge is 2.14. The van der Waals surface area contributed by atoms with E-state index in [0.717, 1.165) is 10.8 Å². The van der Waals surface area contributed by atoms with Crippen LogP contribution in [-0.2, 0) is 4.79 Å². The average Bonchev–Trinajstić information content (AvgIpc) is 3.19. The number of ether oxygens (including phenoxy) is 2. The van der Waals surface area contributed by atoms with Gasteiger partial charge in [0, 0.05) is 23.0 Å². The minimum absolute atomic E-state index is 0.0459. The number of carbonyl (C=O) groups is 2. The second kappa shape index (κ2) is 8.02. The first-order valence-electron chi connectivity index (χ1n) is 9.11. The minimum atomic E-state index is -0.322. The van der Waals surface area contributed by atoms with Crippen molar-refractivity contribution in [2.75, 3.05) is 12.1 Å². The molecule has 7 heteroatoms. The van der Waals surface area contributed by atoms with Gasteiger partial charge in [-0.3, -0.25) is 9.59 Å². The van der Waals surface area contributed by atoms with Crippen LogP contribution in [0, 0.1) is 0 Å². The van der Waals surface area contributed by atoms with Crippen LogP contribution in [0.5, 0.6) is 11.5 Å². The molecule has 4 rings (SSSR count). The fourth-order valence-electron chi connectivity index (χ4n) is 3.08. The van der Waals surface area contributed by atoms with E-state index in [0.29, 0.717) is 28.5 Å². The van der Waals surface area contributed by atoms with Crippen molar-refractivity contribution in [2.45, 2.75) is 13.3 Å². The van der Waals surface area contributed by atoms with Gasteiger partial charge in [-0.2, -0.15) is 5.10 Å². The number of nitrogens with zero attached hydrogens (tertiary/aromatic N) is 1. The second-order valence-electron chi connectivity index (χ2n) is 6.61. The Morgan fingerprint density at radius 3 is 2.69 bits per heavy atom. The Balaban J connectivity index is 1.37. The molecule has 1 aliphatic heterocycles. The Kier molecular flexibility index (Phi) is 5.11. The van der Waals surface area contributed by atoms with E-state index in [2.05, 4.69) is 15.8 Å². The smallest absolute Gasteiger partial charge is 0.271 e. The summed E-state index contributed by atoms with van der Waals surface area (Å²) in [5.41, 5.74) is 4.15. The Morgan fingerprint density at radius 2 is 1.79 bits per heavy atom. The zero-order chi connectivity index (χ0) is 20.2. The van der Waals surface area contributed by atoms with E-state index in [4.69, 9.17) is 9.47 Å². The fraction of sp³-hybridized carbons (Fsp3) is 0.136. The van der Waals surface area contributed by atoms with Crippen LogP contribution in [0.15, 0.2) is 65.8 Å². The predicted octanol–water partition coefficient (Wildman–Crippen LogP) is 3.70. The van der Waals surface area contributed by atoms with Gasteiger partial charge in [-0.1, -0.05) is 36.4 Å². The van der Waals surface area contributed by atoms with E-state index in [1.54, 1.807) is 31.2 Å². The molecule has 3 aromatic rings. The fourth-order valence-corrected chi connectivity index (χ4v) is 3.08. The largest absolute Gasteiger partial charge is 0.454 e. The molecule has 0 bridgehead atoms. The third-order valence-electron chi connectivity index (χ3n) is 4.46. The quantitative estimate of drug-likeness (QED) is 0.514. The molecule has 0 radical (unpaired) electrons. The molecule has 0 atom stereocenters. The number of benzene rings is 3. The van der Waals surface area contributed by atoms with E-state index in [1.165, 1.54) is 0 Å². The standard InChI is InChI=1S/C22H19N3O4/c1-14(11-21(26)23-16-9-10-19-20(12-16)29-13-28-19)24-25-22(27)18-8-4-6-15-5-2-3-7-17(15)18/h2-10,12H,11,13H2,1H3,(H,23,26)(H,25,27)/b24-14+. The molecule has 0 fully saturated rings. The van der Waals surface area contributed by atoms with Crippen LogP contribution in [0.25, 0.3) is 10.8 Å². The van der Waals surface area contributed by atoms with Gasteiger partial charge in [0.15, 0.2) is 11.5 Å². The normalized spacial score (nSPS) is 12.7. The molecule has 0 unspecified atom stereocenters. The lowest BCUT2D eigenvalue weighted by Crippen LogP contribution is -2.21. The maximum absolute atomic E-state index is 12.5. The third-order valence-corrected chi connectivity index (χ3v) is 4.46. The highest BCUT2D eigenvalue weighted by molar-refractivity contribution is 6.08. The summed E-state index contributed by atoms with van der Waals surface area (Å²) in [6, 6.07) is 18.3. The SMILES string of the molecule is C/C(CC(=O)Nc1ccc2c(c1)OCO2)=N\NC(=O)c1cccc2ccccc12. The van der Waals surface area contributed by atoms with Crippen molar-refractivity contribution in [3.63, 3.8) is 0 Å². The molecular weight excluding hydrogens is 370 g/mol. The minimum Gasteiger partial charge on any atom is -0.454 e. The van der Waals surface area contributed by atoms with E-state index >= 15 is 0 Å². The van der Waals surface area contributed by atoms with Crippen LogP contribution in [-0.4, -0.2) is 24.3 Å². The molecule has 1 aliphatic rings. The van der Waals surface area contributed by atoms with Crippen LogP contribution < -0.4 is 20.2 Å².